The highest BCUT2D eigenvalue weighted by molar-refractivity contribution is 6.38. The summed E-state index contributed by atoms with van der Waals surface area (Å²) in [4.78, 5) is 0. The summed E-state index contributed by atoms with van der Waals surface area (Å²) < 4.78 is 69.3. The second-order valence-electron chi connectivity index (χ2n) is 1.62. The maximum atomic E-state index is 11.9. The lowest BCUT2D eigenvalue weighted by Gasteiger charge is -2.09. The summed E-state index contributed by atoms with van der Waals surface area (Å²) in [6.07, 6.45) is -5.55. The summed E-state index contributed by atoms with van der Waals surface area (Å²) in [5, 5.41) is -6.90. The van der Waals surface area contributed by atoms with Crippen molar-refractivity contribution in [2.45, 2.75) is 11.6 Å². The Hall–Kier alpha value is -0.100. The van der Waals surface area contributed by atoms with E-state index in [9.17, 15) is 26.3 Å². The van der Waals surface area contributed by atoms with Crippen molar-refractivity contribution in [3.63, 3.8) is 0 Å². The maximum absolute atomic E-state index is 11.9. The van der Waals surface area contributed by atoms with Gasteiger partial charge in [0.15, 0.2) is 0 Å². The van der Waals surface area contributed by atoms with Crippen molar-refractivity contribution in [1.82, 2.24) is 0 Å². The fraction of sp³-hybridized carbons (Fsp3) is 0.500. The van der Waals surface area contributed by atoms with Crippen molar-refractivity contribution in [1.29, 1.82) is 0 Å². The molecule has 0 aliphatic rings. The van der Waals surface area contributed by atoms with E-state index < -0.39 is 22.4 Å². The zero-order valence-electron chi connectivity index (χ0n) is 5.02. The molecule has 0 amide bonds. The predicted octanol–water partition coefficient (Wildman–Crippen LogP) is 3.80. The summed E-state index contributed by atoms with van der Waals surface area (Å²) in [6.45, 7) is 0. The average molecular weight is 233 g/mol. The lowest BCUT2D eigenvalue weighted by atomic mass is 10.4. The second-order valence-corrected chi connectivity index (χ2v) is 2.48. The van der Waals surface area contributed by atoms with Crippen LogP contribution in [0.2, 0.25) is 0 Å². The van der Waals surface area contributed by atoms with E-state index in [1.165, 1.54) is 0 Å². The molecule has 0 aromatic rings. The molecule has 0 saturated heterocycles. The van der Waals surface area contributed by atoms with Gasteiger partial charge in [-0.15, -0.1) is 0 Å². The first kappa shape index (κ1) is 11.9. The molecule has 0 aromatic carbocycles. The number of halogens is 8. The van der Waals surface area contributed by atoms with E-state index in [1.807, 2.05) is 0 Å². The third-order valence-corrected chi connectivity index (χ3v) is 1.38. The Balaban J connectivity index is 4.96. The highest BCUT2D eigenvalue weighted by Crippen LogP contribution is 2.40. The molecule has 0 atom stereocenters. The van der Waals surface area contributed by atoms with Crippen LogP contribution in [0.5, 0.6) is 0 Å². The van der Waals surface area contributed by atoms with Crippen LogP contribution < -0.4 is 0 Å². The number of hydrogen-bond donors (Lipinski definition) is 0. The summed E-state index contributed by atoms with van der Waals surface area (Å²) in [6, 6.07) is 0. The van der Waals surface area contributed by atoms with Gasteiger partial charge < -0.3 is 0 Å². The predicted molar refractivity (Wildman–Crippen MR) is 30.8 cm³/mol. The summed E-state index contributed by atoms with van der Waals surface area (Å²) in [5.74, 6) is -3.09. The lowest BCUT2D eigenvalue weighted by Crippen LogP contribution is -2.16. The molecular weight excluding hydrogens is 233 g/mol. The Morgan fingerprint density at radius 3 is 1.42 bits per heavy atom. The van der Waals surface area contributed by atoms with Gasteiger partial charge in [-0.1, -0.05) is 11.6 Å². The maximum Gasteiger partial charge on any atom is 0.444 e. The smallest absolute Gasteiger partial charge is 0.200 e. The summed E-state index contributed by atoms with van der Waals surface area (Å²) in [7, 11) is 0. The van der Waals surface area contributed by atoms with Gasteiger partial charge >= 0.3 is 11.6 Å². The van der Waals surface area contributed by atoms with Crippen molar-refractivity contribution in [3.05, 3.63) is 10.9 Å². The van der Waals surface area contributed by atoms with Gasteiger partial charge in [0.2, 0.25) is 5.83 Å². The van der Waals surface area contributed by atoms with Crippen LogP contribution in [-0.2, 0) is 0 Å². The highest BCUT2D eigenvalue weighted by atomic mass is 35.5. The molecule has 0 bridgehead atoms. The van der Waals surface area contributed by atoms with E-state index in [1.54, 1.807) is 0 Å². The van der Waals surface area contributed by atoms with Crippen LogP contribution in [0.1, 0.15) is 0 Å². The van der Waals surface area contributed by atoms with Gasteiger partial charge in [-0.2, -0.15) is 22.0 Å². The molecule has 0 unspecified atom stereocenters. The molecule has 0 saturated carbocycles. The molecule has 0 heterocycles. The first-order valence-corrected chi connectivity index (χ1v) is 3.02. The first-order chi connectivity index (χ1) is 5.07. The van der Waals surface area contributed by atoms with E-state index in [-0.39, 0.29) is 0 Å². The van der Waals surface area contributed by atoms with Crippen molar-refractivity contribution in [2.24, 2.45) is 0 Å². The molecular formula is C4Cl2F6. The van der Waals surface area contributed by atoms with Gasteiger partial charge in [-0.05, 0) is 11.6 Å². The number of rotatable bonds is 1. The molecule has 0 spiro atoms. The zero-order chi connectivity index (χ0) is 10.2. The highest BCUT2D eigenvalue weighted by Gasteiger charge is 2.44. The van der Waals surface area contributed by atoms with E-state index >= 15 is 0 Å². The molecule has 72 valence electrons. The van der Waals surface area contributed by atoms with Crippen LogP contribution in [0.25, 0.3) is 0 Å². The van der Waals surface area contributed by atoms with Crippen LogP contribution in [-0.4, -0.2) is 11.6 Å². The number of alkyl halides is 6. The zero-order valence-corrected chi connectivity index (χ0v) is 6.54. The Kier molecular flexibility index (Phi) is 3.31. The molecule has 0 nitrogen and oxygen atoms in total. The van der Waals surface area contributed by atoms with E-state index in [0.717, 1.165) is 0 Å². The van der Waals surface area contributed by atoms with Gasteiger partial charge in [0, 0.05) is 0 Å². The summed E-state index contributed by atoms with van der Waals surface area (Å²) >= 11 is 8.32. The van der Waals surface area contributed by atoms with Crippen LogP contribution >= 0.6 is 23.2 Å². The van der Waals surface area contributed by atoms with Gasteiger partial charge in [-0.3, -0.25) is 0 Å². The Labute approximate surface area is 72.7 Å². The molecule has 0 aromatic heterocycles. The fourth-order valence-corrected chi connectivity index (χ4v) is 0.439. The third-order valence-electron chi connectivity index (χ3n) is 0.690. The number of allylic oxidation sites excluding steroid dienone is 2. The van der Waals surface area contributed by atoms with Crippen molar-refractivity contribution < 1.29 is 26.3 Å². The minimum atomic E-state index is -5.55. The molecule has 0 aliphatic heterocycles. The Bertz CT molecular complexity index is 177. The largest absolute Gasteiger partial charge is 0.444 e. The van der Waals surface area contributed by atoms with E-state index in [4.69, 9.17) is 0 Å². The Morgan fingerprint density at radius 2 is 1.33 bits per heavy atom. The topological polar surface area (TPSA) is 0 Å². The average Bonchev–Trinajstić information content (AvgIpc) is 1.80. The first-order valence-electron chi connectivity index (χ1n) is 2.26. The molecule has 8 heteroatoms. The van der Waals surface area contributed by atoms with Crippen molar-refractivity contribution >= 4 is 23.2 Å². The van der Waals surface area contributed by atoms with Gasteiger partial charge in [0.1, 0.15) is 5.03 Å². The van der Waals surface area contributed by atoms with E-state index in [2.05, 4.69) is 23.2 Å². The normalized spacial score (nSPS) is 16.0. The van der Waals surface area contributed by atoms with Crippen LogP contribution in [0.4, 0.5) is 26.3 Å². The monoisotopic (exact) mass is 232 g/mol. The van der Waals surface area contributed by atoms with Crippen molar-refractivity contribution in [2.75, 3.05) is 0 Å². The molecule has 12 heavy (non-hydrogen) atoms. The van der Waals surface area contributed by atoms with Crippen molar-refractivity contribution in [3.8, 4) is 0 Å². The molecule has 0 rings (SSSR count). The van der Waals surface area contributed by atoms with E-state index in [0.29, 0.717) is 0 Å². The van der Waals surface area contributed by atoms with Gasteiger partial charge in [0.25, 0.3) is 0 Å². The van der Waals surface area contributed by atoms with Gasteiger partial charge in [-0.25, -0.2) is 4.39 Å². The van der Waals surface area contributed by atoms with Crippen LogP contribution in [0.15, 0.2) is 10.9 Å². The number of hydrogen-bond acceptors (Lipinski definition) is 0. The molecule has 0 N–H and O–H groups in total. The third kappa shape index (κ3) is 3.10. The molecule has 0 fully saturated rings. The quantitative estimate of drug-likeness (QED) is 0.477. The standard InChI is InChI=1S/C4Cl2F6/c5-1(3(6,8)9)2(7)4(10,11)12. The minimum absolute atomic E-state index is 2.36. The second kappa shape index (κ2) is 3.33. The van der Waals surface area contributed by atoms with Gasteiger partial charge in [0.05, 0.1) is 0 Å². The summed E-state index contributed by atoms with van der Waals surface area (Å²) in [5.41, 5.74) is 0. The lowest BCUT2D eigenvalue weighted by molar-refractivity contribution is -0.111. The Morgan fingerprint density at radius 1 is 1.00 bits per heavy atom. The fourth-order valence-electron chi connectivity index (χ4n) is 0.249. The van der Waals surface area contributed by atoms with Crippen LogP contribution in [0, 0.1) is 0 Å². The minimum Gasteiger partial charge on any atom is -0.200 e. The molecule has 0 aliphatic carbocycles. The molecule has 0 radical (unpaired) electrons. The SMILES string of the molecule is FC(=C(Cl)C(F)(F)Cl)C(F)(F)F. The van der Waals surface area contributed by atoms with Crippen LogP contribution in [0.3, 0.4) is 0 Å².